The van der Waals surface area contributed by atoms with Crippen LogP contribution >= 0.6 is 0 Å². The first-order valence-electron chi connectivity index (χ1n) is 12.0. The predicted molar refractivity (Wildman–Crippen MR) is 114 cm³/mol. The van der Waals surface area contributed by atoms with Crippen LogP contribution in [0.5, 0.6) is 0 Å². The lowest BCUT2D eigenvalue weighted by Gasteiger charge is -2.28. The molecule has 0 saturated heterocycles. The van der Waals surface area contributed by atoms with Crippen LogP contribution in [0.4, 0.5) is 0 Å². The molecule has 1 aliphatic carbocycles. The van der Waals surface area contributed by atoms with E-state index >= 15 is 0 Å². The molecule has 4 heteroatoms. The number of hydrogen-bond acceptors (Lipinski definition) is 3. The normalized spacial score (nSPS) is 20.6. The minimum absolute atomic E-state index is 0.105. The van der Waals surface area contributed by atoms with Crippen molar-refractivity contribution in [3.8, 4) is 0 Å². The Hall–Kier alpha value is -1.06. The Morgan fingerprint density at radius 2 is 1.29 bits per heavy atom. The summed E-state index contributed by atoms with van der Waals surface area (Å²) in [6.07, 6.45) is 19.7. The van der Waals surface area contributed by atoms with Gasteiger partial charge in [0.15, 0.2) is 0 Å². The van der Waals surface area contributed by atoms with Crippen LogP contribution < -0.4 is 0 Å². The number of carboxylic acid groups (broad SMARTS) is 1. The first-order chi connectivity index (χ1) is 13.6. The van der Waals surface area contributed by atoms with Crippen molar-refractivity contribution in [1.29, 1.82) is 0 Å². The van der Waals surface area contributed by atoms with Crippen LogP contribution in [-0.2, 0) is 14.3 Å². The van der Waals surface area contributed by atoms with Gasteiger partial charge in [-0.05, 0) is 32.6 Å². The summed E-state index contributed by atoms with van der Waals surface area (Å²) < 4.78 is 5.57. The number of ether oxygens (including phenoxy) is 1. The van der Waals surface area contributed by atoms with E-state index in [1.54, 1.807) is 0 Å². The highest BCUT2D eigenvalue weighted by Crippen LogP contribution is 2.31. The highest BCUT2D eigenvalue weighted by molar-refractivity contribution is 5.81. The molecule has 164 valence electrons. The molecular formula is C24H44O4. The van der Waals surface area contributed by atoms with Crippen LogP contribution in [0.3, 0.4) is 0 Å². The first kappa shape index (κ1) is 25.0. The topological polar surface area (TPSA) is 63.6 Å². The average molecular weight is 397 g/mol. The monoisotopic (exact) mass is 396 g/mol. The van der Waals surface area contributed by atoms with Crippen molar-refractivity contribution in [2.24, 2.45) is 11.8 Å². The molecule has 3 atom stereocenters. The summed E-state index contributed by atoms with van der Waals surface area (Å²) in [5, 5.41) is 9.31. The summed E-state index contributed by atoms with van der Waals surface area (Å²) in [6, 6.07) is 0. The van der Waals surface area contributed by atoms with E-state index in [0.29, 0.717) is 12.8 Å². The maximum absolute atomic E-state index is 12.4. The van der Waals surface area contributed by atoms with Crippen LogP contribution in [0, 0.1) is 11.8 Å². The number of aliphatic carboxylic acids is 1. The van der Waals surface area contributed by atoms with E-state index in [4.69, 9.17) is 4.74 Å². The van der Waals surface area contributed by atoms with Crippen molar-refractivity contribution in [1.82, 2.24) is 0 Å². The van der Waals surface area contributed by atoms with Gasteiger partial charge in [0.1, 0.15) is 0 Å². The predicted octanol–water partition coefficient (Wildman–Crippen LogP) is 6.90. The number of carbonyl (C=O) groups excluding carboxylic acids is 1. The molecule has 0 spiro atoms. The maximum atomic E-state index is 12.4. The molecular weight excluding hydrogens is 352 g/mol. The zero-order valence-corrected chi connectivity index (χ0v) is 18.4. The zero-order valence-electron chi connectivity index (χ0n) is 18.4. The minimum Gasteiger partial charge on any atom is -0.481 e. The van der Waals surface area contributed by atoms with Gasteiger partial charge in [-0.1, -0.05) is 90.4 Å². The molecule has 4 nitrogen and oxygen atoms in total. The molecule has 0 aliphatic heterocycles. The summed E-state index contributed by atoms with van der Waals surface area (Å²) in [4.78, 5) is 23.7. The van der Waals surface area contributed by atoms with Crippen molar-refractivity contribution in [3.63, 3.8) is 0 Å². The molecule has 0 aromatic carbocycles. The smallest absolute Gasteiger partial charge is 0.310 e. The van der Waals surface area contributed by atoms with E-state index < -0.39 is 17.8 Å². The quantitative estimate of drug-likeness (QED) is 0.228. The molecule has 1 saturated carbocycles. The van der Waals surface area contributed by atoms with Gasteiger partial charge in [0.2, 0.25) is 0 Å². The molecule has 0 heterocycles. The molecule has 0 radical (unpaired) electrons. The van der Waals surface area contributed by atoms with Crippen LogP contribution in [0.2, 0.25) is 0 Å². The van der Waals surface area contributed by atoms with Crippen LogP contribution in [-0.4, -0.2) is 23.1 Å². The van der Waals surface area contributed by atoms with Crippen molar-refractivity contribution in [3.05, 3.63) is 0 Å². The third kappa shape index (κ3) is 11.1. The van der Waals surface area contributed by atoms with Gasteiger partial charge >= 0.3 is 11.9 Å². The lowest BCUT2D eigenvalue weighted by atomic mass is 9.79. The molecule has 28 heavy (non-hydrogen) atoms. The van der Waals surface area contributed by atoms with Gasteiger partial charge in [0.05, 0.1) is 17.9 Å². The van der Waals surface area contributed by atoms with Crippen molar-refractivity contribution >= 4 is 11.9 Å². The molecule has 0 bridgehead atoms. The summed E-state index contributed by atoms with van der Waals surface area (Å²) in [5.41, 5.74) is 0. The van der Waals surface area contributed by atoms with Gasteiger partial charge in [0, 0.05) is 0 Å². The fraction of sp³-hybridized carbons (Fsp3) is 0.917. The molecule has 0 amide bonds. The largest absolute Gasteiger partial charge is 0.481 e. The second kappa shape index (κ2) is 15.8. The number of carboxylic acids is 1. The van der Waals surface area contributed by atoms with Crippen LogP contribution in [0.1, 0.15) is 123 Å². The lowest BCUT2D eigenvalue weighted by Crippen LogP contribution is -2.35. The Bertz CT molecular complexity index is 421. The minimum atomic E-state index is -0.852. The Labute approximate surface area is 172 Å². The Morgan fingerprint density at radius 1 is 0.821 bits per heavy atom. The van der Waals surface area contributed by atoms with Gasteiger partial charge in [0.25, 0.3) is 0 Å². The third-order valence-electron chi connectivity index (χ3n) is 6.17. The molecule has 1 fully saturated rings. The fourth-order valence-electron chi connectivity index (χ4n) is 4.33. The molecule has 3 unspecified atom stereocenters. The van der Waals surface area contributed by atoms with Crippen LogP contribution in [0.25, 0.3) is 0 Å². The Kier molecular flexibility index (Phi) is 14.1. The summed E-state index contributed by atoms with van der Waals surface area (Å²) >= 11 is 0. The molecule has 1 aliphatic rings. The highest BCUT2D eigenvalue weighted by atomic mass is 16.5. The van der Waals surface area contributed by atoms with Gasteiger partial charge in [-0.25, -0.2) is 0 Å². The van der Waals surface area contributed by atoms with E-state index in [2.05, 4.69) is 6.92 Å². The molecule has 1 N–H and O–H groups in total. The summed E-state index contributed by atoms with van der Waals surface area (Å²) in [7, 11) is 0. The second-order valence-electron chi connectivity index (χ2n) is 8.76. The fourth-order valence-corrected chi connectivity index (χ4v) is 4.33. The lowest BCUT2D eigenvalue weighted by molar-refractivity contribution is -0.163. The van der Waals surface area contributed by atoms with Gasteiger partial charge in [-0.15, -0.1) is 0 Å². The first-order valence-corrected chi connectivity index (χ1v) is 12.0. The maximum Gasteiger partial charge on any atom is 0.310 e. The average Bonchev–Trinajstić information content (AvgIpc) is 2.68. The standard InChI is InChI=1S/C24H44O4/c1-3-4-5-6-7-8-9-10-11-12-13-14-17-20(2)28-24(27)22-19-16-15-18-21(22)23(25)26/h20-22H,3-19H2,1-2H3,(H,25,26). The van der Waals surface area contributed by atoms with E-state index in [9.17, 15) is 14.7 Å². The Balaban J connectivity index is 2.01. The Morgan fingerprint density at radius 3 is 1.79 bits per heavy atom. The number of unbranched alkanes of at least 4 members (excludes halogenated alkanes) is 11. The summed E-state index contributed by atoms with van der Waals surface area (Å²) in [6.45, 7) is 4.20. The second-order valence-corrected chi connectivity index (χ2v) is 8.76. The van der Waals surface area contributed by atoms with E-state index in [1.807, 2.05) is 6.92 Å². The number of rotatable bonds is 16. The van der Waals surface area contributed by atoms with Gasteiger partial charge in [-0.2, -0.15) is 0 Å². The third-order valence-corrected chi connectivity index (χ3v) is 6.17. The van der Waals surface area contributed by atoms with E-state index in [-0.39, 0.29) is 12.1 Å². The van der Waals surface area contributed by atoms with Crippen molar-refractivity contribution in [2.75, 3.05) is 0 Å². The molecule has 1 rings (SSSR count). The summed E-state index contributed by atoms with van der Waals surface area (Å²) in [5.74, 6) is -2.15. The highest BCUT2D eigenvalue weighted by Gasteiger charge is 2.37. The number of carbonyl (C=O) groups is 2. The van der Waals surface area contributed by atoms with Crippen molar-refractivity contribution < 1.29 is 19.4 Å². The molecule has 0 aromatic heterocycles. The van der Waals surface area contributed by atoms with Crippen molar-refractivity contribution in [2.45, 2.75) is 129 Å². The number of esters is 1. The number of hydrogen-bond donors (Lipinski definition) is 1. The van der Waals surface area contributed by atoms with Gasteiger partial charge < -0.3 is 9.84 Å². The van der Waals surface area contributed by atoms with Crippen LogP contribution in [0.15, 0.2) is 0 Å². The van der Waals surface area contributed by atoms with E-state index in [0.717, 1.165) is 25.7 Å². The zero-order chi connectivity index (χ0) is 20.6. The molecule has 0 aromatic rings. The SMILES string of the molecule is CCCCCCCCCCCCCCC(C)OC(=O)C1CCCCC1C(=O)O. The van der Waals surface area contributed by atoms with E-state index in [1.165, 1.54) is 70.6 Å². The van der Waals surface area contributed by atoms with Gasteiger partial charge in [-0.3, -0.25) is 9.59 Å².